The number of nitrogens with two attached hydrogens (primary N) is 1. The first-order chi connectivity index (χ1) is 13.7. The van der Waals surface area contributed by atoms with Crippen LogP contribution in [0.3, 0.4) is 0 Å². The number of primary amides is 1. The minimum absolute atomic E-state index is 0.00805. The molecule has 1 aliphatic heterocycles. The van der Waals surface area contributed by atoms with Crippen LogP contribution < -0.4 is 11.1 Å². The first-order valence-corrected chi connectivity index (χ1v) is 8.47. The first kappa shape index (κ1) is 20.1. The van der Waals surface area contributed by atoms with Gasteiger partial charge in [0.1, 0.15) is 23.2 Å². The predicted molar refractivity (Wildman–Crippen MR) is 97.1 cm³/mol. The fourth-order valence-electron chi connectivity index (χ4n) is 2.68. The zero-order valence-electron chi connectivity index (χ0n) is 14.9. The molecular formula is C19H15F3N4O3. The number of anilines is 1. The highest BCUT2D eigenvalue weighted by atomic mass is 19.1. The molecule has 0 atom stereocenters. The van der Waals surface area contributed by atoms with Gasteiger partial charge in [-0.15, -0.1) is 0 Å². The van der Waals surface area contributed by atoms with Crippen LogP contribution in [0.4, 0.5) is 18.9 Å². The highest BCUT2D eigenvalue weighted by Gasteiger charge is 2.25. The summed E-state index contributed by atoms with van der Waals surface area (Å²) in [5.41, 5.74) is 4.52. The second kappa shape index (κ2) is 8.13. The molecule has 1 heterocycles. The maximum absolute atomic E-state index is 13.9. The molecule has 150 valence electrons. The highest BCUT2D eigenvalue weighted by Crippen LogP contribution is 2.21. The number of nitrogens with zero attached hydrogens (tertiary/aromatic N) is 2. The Balaban J connectivity index is 1.79. The van der Waals surface area contributed by atoms with Crippen molar-refractivity contribution in [2.24, 2.45) is 10.8 Å². The van der Waals surface area contributed by atoms with E-state index in [1.54, 1.807) is 0 Å². The van der Waals surface area contributed by atoms with Gasteiger partial charge in [0.25, 0.3) is 11.8 Å². The normalized spacial score (nSPS) is 13.8. The summed E-state index contributed by atoms with van der Waals surface area (Å²) >= 11 is 0. The molecule has 3 amide bonds. The third-order valence-electron chi connectivity index (χ3n) is 4.18. The highest BCUT2D eigenvalue weighted by molar-refractivity contribution is 6.43. The molecule has 2 aromatic rings. The van der Waals surface area contributed by atoms with Gasteiger partial charge in [-0.25, -0.2) is 18.2 Å². The van der Waals surface area contributed by atoms with Crippen molar-refractivity contribution in [3.05, 3.63) is 65.0 Å². The number of nitrogens with one attached hydrogen (secondary N) is 1. The Morgan fingerprint density at radius 3 is 2.41 bits per heavy atom. The average molecular weight is 404 g/mol. The van der Waals surface area contributed by atoms with Gasteiger partial charge in [-0.3, -0.25) is 14.4 Å². The molecule has 2 aromatic carbocycles. The van der Waals surface area contributed by atoms with Gasteiger partial charge in [-0.1, -0.05) is 12.1 Å². The fraction of sp³-hybridized carbons (Fsp3) is 0.158. The molecule has 10 heteroatoms. The van der Waals surface area contributed by atoms with E-state index in [1.165, 1.54) is 24.3 Å². The number of halogens is 3. The smallest absolute Gasteiger partial charge is 0.271 e. The summed E-state index contributed by atoms with van der Waals surface area (Å²) in [4.78, 5) is 35.7. The Morgan fingerprint density at radius 2 is 1.76 bits per heavy atom. The van der Waals surface area contributed by atoms with Crippen molar-refractivity contribution in [1.82, 2.24) is 5.01 Å². The van der Waals surface area contributed by atoms with Crippen LogP contribution in [0, 0.1) is 17.5 Å². The maximum Gasteiger partial charge on any atom is 0.271 e. The number of amides is 3. The Bertz CT molecular complexity index is 1020. The molecule has 3 rings (SSSR count). The number of hydrogen-bond donors (Lipinski definition) is 2. The van der Waals surface area contributed by atoms with Gasteiger partial charge < -0.3 is 11.1 Å². The van der Waals surface area contributed by atoms with Crippen LogP contribution in [0.2, 0.25) is 0 Å². The topological polar surface area (TPSA) is 105 Å². The van der Waals surface area contributed by atoms with Crippen molar-refractivity contribution in [2.45, 2.75) is 19.4 Å². The largest absolute Gasteiger partial charge is 0.366 e. The molecule has 0 fully saturated rings. The zero-order chi connectivity index (χ0) is 21.1. The van der Waals surface area contributed by atoms with Crippen molar-refractivity contribution in [3.8, 4) is 0 Å². The Labute approximate surface area is 163 Å². The molecule has 3 N–H and O–H groups in total. The summed E-state index contributed by atoms with van der Waals surface area (Å²) in [5.74, 6) is -4.96. The standard InChI is InChI=1S/C19H15F3N4O3/c20-11-3-1-10(2-4-11)9-26-17(27)6-5-15(25-26)19(29)24-16-7-12(18(23)28)13(21)8-14(16)22/h1-4,7-8H,5-6,9H2,(H2,23,28)(H,24,29). The molecule has 0 radical (unpaired) electrons. The molecule has 29 heavy (non-hydrogen) atoms. The average Bonchev–Trinajstić information content (AvgIpc) is 2.67. The van der Waals surface area contributed by atoms with Crippen molar-refractivity contribution in [2.75, 3.05) is 5.32 Å². The van der Waals surface area contributed by atoms with Crippen molar-refractivity contribution in [3.63, 3.8) is 0 Å². The Hall–Kier alpha value is -3.69. The second-order valence-electron chi connectivity index (χ2n) is 6.25. The summed E-state index contributed by atoms with van der Waals surface area (Å²) in [6.07, 6.45) is 0.00194. The number of hydrogen-bond acceptors (Lipinski definition) is 4. The Kier molecular flexibility index (Phi) is 5.62. The monoisotopic (exact) mass is 404 g/mol. The van der Waals surface area contributed by atoms with Gasteiger partial charge in [0.2, 0.25) is 5.91 Å². The summed E-state index contributed by atoms with van der Waals surface area (Å²) < 4.78 is 40.5. The van der Waals surface area contributed by atoms with E-state index in [0.717, 1.165) is 11.1 Å². The van der Waals surface area contributed by atoms with Gasteiger partial charge in [0.05, 0.1) is 17.8 Å². The van der Waals surface area contributed by atoms with Crippen molar-refractivity contribution >= 4 is 29.1 Å². The minimum Gasteiger partial charge on any atom is -0.366 e. The number of rotatable bonds is 5. The lowest BCUT2D eigenvalue weighted by Gasteiger charge is -2.23. The van der Waals surface area contributed by atoms with Crippen LogP contribution in [-0.4, -0.2) is 28.4 Å². The molecule has 0 spiro atoms. The molecule has 0 saturated heterocycles. The van der Waals surface area contributed by atoms with Gasteiger partial charge in [-0.05, 0) is 23.8 Å². The SMILES string of the molecule is NC(=O)c1cc(NC(=O)C2=NN(Cc3ccc(F)cc3)C(=O)CC2)c(F)cc1F. The summed E-state index contributed by atoms with van der Waals surface area (Å²) in [7, 11) is 0. The third-order valence-corrected chi connectivity index (χ3v) is 4.18. The van der Waals surface area contributed by atoms with E-state index in [1.807, 2.05) is 0 Å². The molecule has 0 bridgehead atoms. The predicted octanol–water partition coefficient (Wildman–Crippen LogP) is 2.32. The van der Waals surface area contributed by atoms with Crippen LogP contribution in [-0.2, 0) is 16.1 Å². The van der Waals surface area contributed by atoms with Crippen LogP contribution >= 0.6 is 0 Å². The lowest BCUT2D eigenvalue weighted by molar-refractivity contribution is -0.132. The van der Waals surface area contributed by atoms with E-state index < -0.39 is 40.5 Å². The summed E-state index contributed by atoms with van der Waals surface area (Å²) in [5, 5.41) is 7.25. The van der Waals surface area contributed by atoms with Gasteiger partial charge >= 0.3 is 0 Å². The van der Waals surface area contributed by atoms with Crippen LogP contribution in [0.5, 0.6) is 0 Å². The van der Waals surface area contributed by atoms with E-state index in [-0.39, 0.29) is 31.0 Å². The molecular weight excluding hydrogens is 389 g/mol. The van der Waals surface area contributed by atoms with Crippen LogP contribution in [0.1, 0.15) is 28.8 Å². The van der Waals surface area contributed by atoms with Gasteiger partial charge in [0, 0.05) is 18.9 Å². The lowest BCUT2D eigenvalue weighted by Crippen LogP contribution is -2.36. The minimum atomic E-state index is -1.15. The molecule has 1 aliphatic rings. The Morgan fingerprint density at radius 1 is 1.07 bits per heavy atom. The van der Waals surface area contributed by atoms with E-state index >= 15 is 0 Å². The van der Waals surface area contributed by atoms with Crippen molar-refractivity contribution < 1.29 is 27.6 Å². The van der Waals surface area contributed by atoms with Crippen molar-refractivity contribution in [1.29, 1.82) is 0 Å². The number of benzene rings is 2. The third kappa shape index (κ3) is 4.60. The second-order valence-corrected chi connectivity index (χ2v) is 6.25. The molecule has 7 nitrogen and oxygen atoms in total. The van der Waals surface area contributed by atoms with E-state index in [4.69, 9.17) is 5.73 Å². The van der Waals surface area contributed by atoms with E-state index in [9.17, 15) is 27.6 Å². The summed E-state index contributed by atoms with van der Waals surface area (Å²) in [6, 6.07) is 6.64. The van der Waals surface area contributed by atoms with Gasteiger partial charge in [-0.2, -0.15) is 5.10 Å². The van der Waals surface area contributed by atoms with E-state index in [0.29, 0.717) is 11.6 Å². The number of carbonyl (C=O) groups is 3. The number of carbonyl (C=O) groups excluding carboxylic acids is 3. The molecule has 0 saturated carbocycles. The van der Waals surface area contributed by atoms with Crippen LogP contribution in [0.25, 0.3) is 0 Å². The first-order valence-electron chi connectivity index (χ1n) is 8.47. The molecule has 0 aliphatic carbocycles. The fourth-order valence-corrected chi connectivity index (χ4v) is 2.68. The summed E-state index contributed by atoms with van der Waals surface area (Å²) in [6.45, 7) is 0.0205. The lowest BCUT2D eigenvalue weighted by atomic mass is 10.1. The van der Waals surface area contributed by atoms with Crippen LogP contribution in [0.15, 0.2) is 41.5 Å². The van der Waals surface area contributed by atoms with E-state index in [2.05, 4.69) is 10.4 Å². The zero-order valence-corrected chi connectivity index (χ0v) is 14.9. The number of hydrazone groups is 1. The van der Waals surface area contributed by atoms with Gasteiger partial charge in [0.15, 0.2) is 0 Å². The quantitative estimate of drug-likeness (QED) is 0.799. The molecule has 0 unspecified atom stereocenters. The molecule has 0 aromatic heterocycles. The maximum atomic E-state index is 13.9.